The Bertz CT molecular complexity index is 456. The fourth-order valence-corrected chi connectivity index (χ4v) is 1.94. The minimum absolute atomic E-state index is 0.441. The molecule has 0 radical (unpaired) electrons. The second-order valence-electron chi connectivity index (χ2n) is 3.63. The topological polar surface area (TPSA) is 51.5 Å². The van der Waals surface area contributed by atoms with Crippen LogP contribution in [-0.2, 0) is 4.74 Å². The van der Waals surface area contributed by atoms with E-state index in [1.807, 2.05) is 6.07 Å². The lowest BCUT2D eigenvalue weighted by Crippen LogP contribution is -2.00. The monoisotopic (exact) mass is 253 g/mol. The number of fused-ring (bicyclic) bond motifs is 1. The van der Waals surface area contributed by atoms with Crippen molar-refractivity contribution in [3.8, 4) is 17.6 Å². The molecule has 1 atom stereocenters. The van der Waals surface area contributed by atoms with Crippen molar-refractivity contribution in [1.82, 2.24) is 0 Å². The summed E-state index contributed by atoms with van der Waals surface area (Å²) in [5.41, 5.74) is 0.671. The van der Waals surface area contributed by atoms with Gasteiger partial charge >= 0.3 is 0 Å². The van der Waals surface area contributed by atoms with Crippen LogP contribution in [0.2, 0.25) is 5.02 Å². The van der Waals surface area contributed by atoms with Gasteiger partial charge in [-0.25, -0.2) is 0 Å². The van der Waals surface area contributed by atoms with E-state index in [2.05, 4.69) is 0 Å². The van der Waals surface area contributed by atoms with Crippen molar-refractivity contribution in [3.05, 3.63) is 22.7 Å². The largest absolute Gasteiger partial charge is 0.489 e. The molecule has 2 rings (SSSR count). The third-order valence-electron chi connectivity index (χ3n) is 2.48. The van der Waals surface area contributed by atoms with E-state index in [4.69, 9.17) is 31.1 Å². The van der Waals surface area contributed by atoms with Crippen LogP contribution in [0.4, 0.5) is 0 Å². The van der Waals surface area contributed by atoms with Crippen LogP contribution in [0.15, 0.2) is 12.1 Å². The van der Waals surface area contributed by atoms with Gasteiger partial charge in [0.25, 0.3) is 0 Å². The molecule has 0 fully saturated rings. The molecule has 0 bridgehead atoms. The van der Waals surface area contributed by atoms with Gasteiger partial charge < -0.3 is 14.2 Å². The smallest absolute Gasteiger partial charge is 0.179 e. The van der Waals surface area contributed by atoms with Crippen LogP contribution in [0, 0.1) is 11.3 Å². The van der Waals surface area contributed by atoms with E-state index in [1.165, 1.54) is 7.11 Å². The Morgan fingerprint density at radius 3 is 2.88 bits per heavy atom. The zero-order chi connectivity index (χ0) is 12.3. The Morgan fingerprint density at radius 2 is 2.18 bits per heavy atom. The second-order valence-corrected chi connectivity index (χ2v) is 4.03. The molecule has 0 aliphatic carbocycles. The van der Waals surface area contributed by atoms with Gasteiger partial charge in [0.05, 0.1) is 24.3 Å². The van der Waals surface area contributed by atoms with Crippen molar-refractivity contribution >= 4 is 11.6 Å². The third-order valence-corrected chi connectivity index (χ3v) is 2.76. The normalized spacial score (nSPS) is 15.8. The maximum Gasteiger partial charge on any atom is 0.179 e. The molecule has 1 aromatic carbocycles. The third kappa shape index (κ3) is 2.46. The second kappa shape index (κ2) is 5.26. The van der Waals surface area contributed by atoms with Gasteiger partial charge in [0.1, 0.15) is 0 Å². The van der Waals surface area contributed by atoms with E-state index < -0.39 is 6.10 Å². The van der Waals surface area contributed by atoms with Crippen LogP contribution in [0.1, 0.15) is 18.1 Å². The molecule has 0 saturated heterocycles. The van der Waals surface area contributed by atoms with E-state index >= 15 is 0 Å². The van der Waals surface area contributed by atoms with Crippen LogP contribution >= 0.6 is 11.6 Å². The molecule has 0 spiro atoms. The van der Waals surface area contributed by atoms with Gasteiger partial charge in [-0.15, -0.1) is 0 Å². The number of halogens is 1. The van der Waals surface area contributed by atoms with Gasteiger partial charge in [0.2, 0.25) is 0 Å². The van der Waals surface area contributed by atoms with Gasteiger partial charge in [-0.2, -0.15) is 5.26 Å². The Kier molecular flexibility index (Phi) is 3.72. The standard InChI is InChI=1S/C12H12ClNO3/c1-15-11(7-14)8-5-9(13)12-10(6-8)16-3-2-4-17-12/h5-6,11H,2-4H2,1H3. The van der Waals surface area contributed by atoms with Gasteiger partial charge in [0, 0.05) is 19.1 Å². The summed E-state index contributed by atoms with van der Waals surface area (Å²) < 4.78 is 16.1. The van der Waals surface area contributed by atoms with E-state index in [0.29, 0.717) is 35.3 Å². The number of nitrogens with zero attached hydrogens (tertiary/aromatic N) is 1. The molecule has 1 aliphatic rings. The number of hydrogen-bond acceptors (Lipinski definition) is 4. The summed E-state index contributed by atoms with van der Waals surface area (Å²) in [6.07, 6.45) is 0.163. The van der Waals surface area contributed by atoms with Crippen LogP contribution in [0.5, 0.6) is 11.5 Å². The van der Waals surface area contributed by atoms with Crippen LogP contribution in [0.3, 0.4) is 0 Å². The first-order valence-corrected chi connectivity index (χ1v) is 5.65. The fourth-order valence-electron chi connectivity index (χ4n) is 1.67. The Balaban J connectivity index is 2.42. The maximum atomic E-state index is 8.94. The minimum Gasteiger partial charge on any atom is -0.489 e. The number of hydrogen-bond donors (Lipinski definition) is 0. The van der Waals surface area contributed by atoms with Crippen molar-refractivity contribution in [2.45, 2.75) is 12.5 Å². The first-order chi connectivity index (χ1) is 8.26. The zero-order valence-corrected chi connectivity index (χ0v) is 10.2. The number of ether oxygens (including phenoxy) is 3. The predicted molar refractivity (Wildman–Crippen MR) is 62.4 cm³/mol. The lowest BCUT2D eigenvalue weighted by Gasteiger charge is -2.13. The average molecular weight is 254 g/mol. The SMILES string of the molecule is COC(C#N)c1cc(Cl)c2c(c1)OCCCO2. The number of methoxy groups -OCH3 is 1. The first kappa shape index (κ1) is 12.0. The molecule has 90 valence electrons. The van der Waals surface area contributed by atoms with Crippen molar-refractivity contribution in [3.63, 3.8) is 0 Å². The lowest BCUT2D eigenvalue weighted by atomic mass is 10.1. The highest BCUT2D eigenvalue weighted by atomic mass is 35.5. The van der Waals surface area contributed by atoms with Gasteiger partial charge in [-0.1, -0.05) is 11.6 Å². The Hall–Kier alpha value is -1.44. The molecular formula is C12H12ClNO3. The fraction of sp³-hybridized carbons (Fsp3) is 0.417. The highest BCUT2D eigenvalue weighted by Crippen LogP contribution is 2.39. The van der Waals surface area contributed by atoms with Gasteiger partial charge in [-0.05, 0) is 12.1 Å². The molecule has 5 heteroatoms. The molecule has 17 heavy (non-hydrogen) atoms. The summed E-state index contributed by atoms with van der Waals surface area (Å²) in [6.45, 7) is 1.16. The Labute approximate surface area is 105 Å². The molecule has 0 N–H and O–H groups in total. The maximum absolute atomic E-state index is 8.94. The molecule has 0 saturated carbocycles. The average Bonchev–Trinajstić information content (AvgIpc) is 2.56. The van der Waals surface area contributed by atoms with E-state index in [9.17, 15) is 0 Å². The quantitative estimate of drug-likeness (QED) is 0.813. The summed E-state index contributed by atoms with van der Waals surface area (Å²) in [7, 11) is 1.48. The predicted octanol–water partition coefficient (Wildman–Crippen LogP) is 2.71. The summed E-state index contributed by atoms with van der Waals surface area (Å²) in [5.74, 6) is 1.11. The molecule has 0 amide bonds. The summed E-state index contributed by atoms with van der Waals surface area (Å²) >= 11 is 6.11. The lowest BCUT2D eigenvalue weighted by molar-refractivity contribution is 0.148. The molecule has 0 aromatic heterocycles. The minimum atomic E-state index is -0.648. The zero-order valence-electron chi connectivity index (χ0n) is 9.40. The highest BCUT2D eigenvalue weighted by Gasteiger charge is 2.19. The Morgan fingerprint density at radius 1 is 1.41 bits per heavy atom. The van der Waals surface area contributed by atoms with Crippen LogP contribution in [-0.4, -0.2) is 20.3 Å². The number of nitriles is 1. The van der Waals surface area contributed by atoms with Crippen LogP contribution in [0.25, 0.3) is 0 Å². The van der Waals surface area contributed by atoms with Gasteiger partial charge in [0.15, 0.2) is 17.6 Å². The van der Waals surface area contributed by atoms with Crippen molar-refractivity contribution in [2.24, 2.45) is 0 Å². The van der Waals surface area contributed by atoms with E-state index in [-0.39, 0.29) is 0 Å². The summed E-state index contributed by atoms with van der Waals surface area (Å²) in [6, 6.07) is 5.45. The number of benzene rings is 1. The van der Waals surface area contributed by atoms with Crippen LogP contribution < -0.4 is 9.47 Å². The number of rotatable bonds is 2. The highest BCUT2D eigenvalue weighted by molar-refractivity contribution is 6.32. The molecule has 1 heterocycles. The van der Waals surface area contributed by atoms with Gasteiger partial charge in [-0.3, -0.25) is 0 Å². The summed E-state index contributed by atoms with van der Waals surface area (Å²) in [5, 5.41) is 9.38. The molecule has 4 nitrogen and oxygen atoms in total. The van der Waals surface area contributed by atoms with E-state index in [0.717, 1.165) is 6.42 Å². The summed E-state index contributed by atoms with van der Waals surface area (Å²) in [4.78, 5) is 0. The molecule has 1 unspecified atom stereocenters. The van der Waals surface area contributed by atoms with Crippen molar-refractivity contribution in [2.75, 3.05) is 20.3 Å². The van der Waals surface area contributed by atoms with E-state index in [1.54, 1.807) is 12.1 Å². The van der Waals surface area contributed by atoms with Crippen molar-refractivity contribution < 1.29 is 14.2 Å². The molecular weight excluding hydrogens is 242 g/mol. The van der Waals surface area contributed by atoms with Crippen molar-refractivity contribution in [1.29, 1.82) is 5.26 Å². The first-order valence-electron chi connectivity index (χ1n) is 5.27. The molecule has 1 aliphatic heterocycles. The molecule has 1 aromatic rings.